The Morgan fingerprint density at radius 1 is 1.05 bits per heavy atom. The smallest absolute Gasteiger partial charge is 0.327 e. The fourth-order valence-corrected chi connectivity index (χ4v) is 4.76. The predicted octanol–water partition coefficient (Wildman–Crippen LogP) is 1.18. The quantitative estimate of drug-likeness (QED) is 0.791. The number of hydrogen-bond acceptors (Lipinski definition) is 4. The molecule has 0 aromatic rings. The van der Waals surface area contributed by atoms with Crippen LogP contribution in [0.25, 0.3) is 0 Å². The first-order valence-corrected chi connectivity index (χ1v) is 8.82. The monoisotopic (exact) mass is 304 g/mol. The molecule has 0 aromatic carbocycles. The highest BCUT2D eigenvalue weighted by Gasteiger charge is 2.46. The summed E-state index contributed by atoms with van der Waals surface area (Å²) in [5, 5.41) is 0. The molecule has 20 heavy (non-hydrogen) atoms. The highest BCUT2D eigenvalue weighted by molar-refractivity contribution is 7.87. The maximum absolute atomic E-state index is 12.5. The van der Waals surface area contributed by atoms with E-state index in [1.165, 1.54) is 11.4 Å². The van der Waals surface area contributed by atoms with Crippen molar-refractivity contribution in [2.45, 2.75) is 56.9 Å². The van der Waals surface area contributed by atoms with Crippen LogP contribution in [-0.2, 0) is 19.7 Å². The molecule has 1 aliphatic carbocycles. The lowest BCUT2D eigenvalue weighted by molar-refractivity contribution is -0.147. The van der Waals surface area contributed by atoms with Gasteiger partial charge in [0.2, 0.25) is 0 Å². The van der Waals surface area contributed by atoms with Gasteiger partial charge in [0.05, 0.1) is 7.11 Å². The molecular formula is C13H24N2O4S. The zero-order valence-corrected chi connectivity index (χ0v) is 12.9. The standard InChI is InChI=1S/C13H24N2O4S/c1-19-12(16)13(8-4-5-9-13)14-20(17,18)15-10-6-2-3-7-11-15/h14H,2-11H2,1H3. The summed E-state index contributed by atoms with van der Waals surface area (Å²) < 4.78 is 34.0. The number of rotatable bonds is 4. The minimum atomic E-state index is -3.62. The molecule has 6 nitrogen and oxygen atoms in total. The second-order valence-corrected chi connectivity index (χ2v) is 7.37. The van der Waals surface area contributed by atoms with Gasteiger partial charge in [0, 0.05) is 13.1 Å². The first-order chi connectivity index (χ1) is 9.50. The van der Waals surface area contributed by atoms with Crippen molar-refractivity contribution in [3.05, 3.63) is 0 Å². The largest absolute Gasteiger partial charge is 0.468 e. The summed E-state index contributed by atoms with van der Waals surface area (Å²) in [5.74, 6) is -0.464. The van der Waals surface area contributed by atoms with E-state index in [0.29, 0.717) is 25.9 Å². The van der Waals surface area contributed by atoms with E-state index >= 15 is 0 Å². The van der Waals surface area contributed by atoms with Gasteiger partial charge in [-0.25, -0.2) is 0 Å². The van der Waals surface area contributed by atoms with Crippen LogP contribution in [0.2, 0.25) is 0 Å². The maximum atomic E-state index is 12.5. The molecule has 1 N–H and O–H groups in total. The summed E-state index contributed by atoms with van der Waals surface area (Å²) in [6.07, 6.45) is 6.62. The van der Waals surface area contributed by atoms with Gasteiger partial charge in [0.25, 0.3) is 10.2 Å². The van der Waals surface area contributed by atoms with Crippen LogP contribution in [0, 0.1) is 0 Å². The molecule has 2 aliphatic rings. The van der Waals surface area contributed by atoms with Crippen LogP contribution in [0.3, 0.4) is 0 Å². The van der Waals surface area contributed by atoms with Crippen molar-refractivity contribution >= 4 is 16.2 Å². The Labute approximate surface area is 121 Å². The fourth-order valence-electron chi connectivity index (χ4n) is 3.12. The highest BCUT2D eigenvalue weighted by atomic mass is 32.2. The van der Waals surface area contributed by atoms with Crippen molar-refractivity contribution in [3.63, 3.8) is 0 Å². The molecule has 0 atom stereocenters. The number of nitrogens with zero attached hydrogens (tertiary/aromatic N) is 1. The molecule has 2 rings (SSSR count). The van der Waals surface area contributed by atoms with Gasteiger partial charge in [-0.3, -0.25) is 4.79 Å². The van der Waals surface area contributed by atoms with Crippen LogP contribution in [0.15, 0.2) is 0 Å². The second kappa shape index (κ2) is 6.41. The molecule has 0 amide bonds. The topological polar surface area (TPSA) is 75.7 Å². The molecule has 0 bridgehead atoms. The number of esters is 1. The molecule has 116 valence electrons. The van der Waals surface area contributed by atoms with E-state index in [0.717, 1.165) is 38.5 Å². The molecule has 1 saturated carbocycles. The molecule has 0 aromatic heterocycles. The van der Waals surface area contributed by atoms with E-state index in [1.807, 2.05) is 0 Å². The highest BCUT2D eigenvalue weighted by Crippen LogP contribution is 2.32. The van der Waals surface area contributed by atoms with Crippen molar-refractivity contribution in [2.75, 3.05) is 20.2 Å². The lowest BCUT2D eigenvalue weighted by atomic mass is 10.00. The third-order valence-electron chi connectivity index (χ3n) is 4.26. The first-order valence-electron chi connectivity index (χ1n) is 7.38. The Morgan fingerprint density at radius 3 is 2.10 bits per heavy atom. The minimum absolute atomic E-state index is 0.464. The maximum Gasteiger partial charge on any atom is 0.327 e. The number of hydrogen-bond donors (Lipinski definition) is 1. The van der Waals surface area contributed by atoms with E-state index in [1.54, 1.807) is 0 Å². The van der Waals surface area contributed by atoms with Crippen molar-refractivity contribution in [1.82, 2.24) is 9.03 Å². The Hall–Kier alpha value is -0.660. The normalized spacial score (nSPS) is 24.2. The number of ether oxygens (including phenoxy) is 1. The Morgan fingerprint density at radius 2 is 1.60 bits per heavy atom. The fraction of sp³-hybridized carbons (Fsp3) is 0.923. The van der Waals surface area contributed by atoms with Crippen molar-refractivity contribution < 1.29 is 17.9 Å². The van der Waals surface area contributed by atoms with Gasteiger partial charge in [-0.05, 0) is 25.7 Å². The van der Waals surface area contributed by atoms with Crippen LogP contribution < -0.4 is 4.72 Å². The first kappa shape index (κ1) is 15.7. The molecule has 7 heteroatoms. The van der Waals surface area contributed by atoms with E-state index in [9.17, 15) is 13.2 Å². The molecular weight excluding hydrogens is 280 g/mol. The minimum Gasteiger partial charge on any atom is -0.468 e. The third-order valence-corrected chi connectivity index (χ3v) is 5.96. The molecule has 1 aliphatic heterocycles. The van der Waals surface area contributed by atoms with Gasteiger partial charge in [-0.1, -0.05) is 25.7 Å². The number of carbonyl (C=O) groups excluding carboxylic acids is 1. The van der Waals surface area contributed by atoms with E-state index < -0.39 is 21.7 Å². The van der Waals surface area contributed by atoms with Gasteiger partial charge in [0.1, 0.15) is 5.54 Å². The van der Waals surface area contributed by atoms with Crippen molar-refractivity contribution in [2.24, 2.45) is 0 Å². The Bertz CT molecular complexity index is 435. The average Bonchev–Trinajstić information content (AvgIpc) is 2.71. The van der Waals surface area contributed by atoms with Gasteiger partial charge in [-0.2, -0.15) is 17.4 Å². The number of carbonyl (C=O) groups is 1. The van der Waals surface area contributed by atoms with Crippen LogP contribution in [0.1, 0.15) is 51.4 Å². The SMILES string of the molecule is COC(=O)C1(NS(=O)(=O)N2CCCCCC2)CCCC1. The lowest BCUT2D eigenvalue weighted by Gasteiger charge is -2.30. The Balaban J connectivity index is 2.14. The van der Waals surface area contributed by atoms with E-state index in [-0.39, 0.29) is 0 Å². The summed E-state index contributed by atoms with van der Waals surface area (Å²) in [4.78, 5) is 12.0. The third kappa shape index (κ3) is 3.32. The van der Waals surface area contributed by atoms with Gasteiger partial charge in [0.15, 0.2) is 0 Å². The molecule has 0 spiro atoms. The average molecular weight is 304 g/mol. The molecule has 0 unspecified atom stereocenters. The second-order valence-electron chi connectivity index (χ2n) is 5.70. The molecule has 2 fully saturated rings. The predicted molar refractivity (Wildman–Crippen MR) is 75.3 cm³/mol. The van der Waals surface area contributed by atoms with Crippen LogP contribution in [-0.4, -0.2) is 44.4 Å². The zero-order chi connectivity index (χ0) is 14.6. The van der Waals surface area contributed by atoms with E-state index in [2.05, 4.69) is 4.72 Å². The van der Waals surface area contributed by atoms with Crippen LogP contribution in [0.4, 0.5) is 0 Å². The van der Waals surface area contributed by atoms with Crippen LogP contribution >= 0.6 is 0 Å². The lowest BCUT2D eigenvalue weighted by Crippen LogP contribution is -2.57. The van der Waals surface area contributed by atoms with Crippen molar-refractivity contribution in [1.29, 1.82) is 0 Å². The summed E-state index contributed by atoms with van der Waals surface area (Å²) >= 11 is 0. The number of methoxy groups -OCH3 is 1. The molecule has 1 heterocycles. The van der Waals surface area contributed by atoms with Crippen molar-refractivity contribution in [3.8, 4) is 0 Å². The van der Waals surface area contributed by atoms with Gasteiger partial charge < -0.3 is 4.74 Å². The van der Waals surface area contributed by atoms with Gasteiger partial charge in [-0.15, -0.1) is 0 Å². The summed E-state index contributed by atoms with van der Waals surface area (Å²) in [6.45, 7) is 1.07. The number of nitrogens with one attached hydrogen (secondary N) is 1. The molecule has 1 saturated heterocycles. The van der Waals surface area contributed by atoms with Crippen LogP contribution in [0.5, 0.6) is 0 Å². The summed E-state index contributed by atoms with van der Waals surface area (Å²) in [5.41, 5.74) is -1.06. The zero-order valence-electron chi connectivity index (χ0n) is 12.1. The summed E-state index contributed by atoms with van der Waals surface area (Å²) in [6, 6.07) is 0. The summed E-state index contributed by atoms with van der Waals surface area (Å²) in [7, 11) is -2.31. The van der Waals surface area contributed by atoms with E-state index in [4.69, 9.17) is 4.74 Å². The Kier molecular flexibility index (Phi) is 5.04. The molecule has 0 radical (unpaired) electrons. The van der Waals surface area contributed by atoms with Gasteiger partial charge >= 0.3 is 5.97 Å².